The van der Waals surface area contributed by atoms with Crippen molar-refractivity contribution in [1.82, 2.24) is 5.32 Å². The van der Waals surface area contributed by atoms with Crippen LogP contribution in [0.3, 0.4) is 0 Å². The Balaban J connectivity index is 2.15. The predicted octanol–water partition coefficient (Wildman–Crippen LogP) is 3.43. The van der Waals surface area contributed by atoms with Crippen molar-refractivity contribution in [2.75, 3.05) is 5.32 Å². The summed E-state index contributed by atoms with van der Waals surface area (Å²) in [5.41, 5.74) is 1.80. The minimum Gasteiger partial charge on any atom is -0.347 e. The number of carbonyl (C=O) groups is 2. The maximum absolute atomic E-state index is 12.3. The Hall–Kier alpha value is -2.10. The van der Waals surface area contributed by atoms with Gasteiger partial charge in [-0.3, -0.25) is 9.59 Å². The Morgan fingerprint density at radius 3 is 2.36 bits per heavy atom. The van der Waals surface area contributed by atoms with Crippen LogP contribution in [0.4, 0.5) is 5.69 Å². The van der Waals surface area contributed by atoms with Crippen LogP contribution in [-0.4, -0.2) is 17.4 Å². The number of hydrogen-bond acceptors (Lipinski definition) is 2. The minimum absolute atomic E-state index is 0.00598. The highest BCUT2D eigenvalue weighted by molar-refractivity contribution is 6.00. The van der Waals surface area contributed by atoms with E-state index in [0.29, 0.717) is 11.3 Å². The zero-order valence-electron chi connectivity index (χ0n) is 13.7. The van der Waals surface area contributed by atoms with Crippen molar-refractivity contribution in [3.63, 3.8) is 0 Å². The van der Waals surface area contributed by atoms with Gasteiger partial charge in [-0.25, -0.2) is 0 Å². The molecule has 0 saturated carbocycles. The van der Waals surface area contributed by atoms with E-state index in [0.717, 1.165) is 18.4 Å². The summed E-state index contributed by atoms with van der Waals surface area (Å²) in [7, 11) is 0. The lowest BCUT2D eigenvalue weighted by Gasteiger charge is -2.22. The molecule has 0 radical (unpaired) electrons. The molecule has 2 amide bonds. The zero-order valence-corrected chi connectivity index (χ0v) is 13.7. The molecule has 1 aromatic rings. The Labute approximate surface area is 132 Å². The maximum atomic E-state index is 12.3. The molecule has 0 bridgehead atoms. The molecule has 1 aliphatic rings. The van der Waals surface area contributed by atoms with Crippen LogP contribution in [0.1, 0.15) is 49.5 Å². The molecule has 2 rings (SSSR count). The van der Waals surface area contributed by atoms with Gasteiger partial charge in [-0.05, 0) is 58.2 Å². The van der Waals surface area contributed by atoms with E-state index < -0.39 is 0 Å². The van der Waals surface area contributed by atoms with E-state index in [2.05, 4.69) is 10.6 Å². The normalized spacial score (nSPS) is 14.9. The minimum atomic E-state index is -0.293. The summed E-state index contributed by atoms with van der Waals surface area (Å²) in [6.07, 6.45) is 5.64. The highest BCUT2D eigenvalue weighted by Crippen LogP contribution is 2.23. The second-order valence-corrected chi connectivity index (χ2v) is 6.81. The molecule has 1 aliphatic carbocycles. The fourth-order valence-electron chi connectivity index (χ4n) is 2.49. The average molecular weight is 300 g/mol. The molecule has 22 heavy (non-hydrogen) atoms. The number of rotatable bonds is 3. The van der Waals surface area contributed by atoms with Crippen LogP contribution in [0.2, 0.25) is 0 Å². The molecule has 0 aliphatic heterocycles. The summed E-state index contributed by atoms with van der Waals surface area (Å²) in [6, 6.07) is 5.42. The van der Waals surface area contributed by atoms with Gasteiger partial charge in [0.2, 0.25) is 5.91 Å². The molecule has 118 valence electrons. The number of benzene rings is 1. The van der Waals surface area contributed by atoms with Crippen molar-refractivity contribution in [2.45, 2.75) is 46.1 Å². The van der Waals surface area contributed by atoms with Gasteiger partial charge in [0.25, 0.3) is 5.91 Å². The first-order valence-corrected chi connectivity index (χ1v) is 7.66. The van der Waals surface area contributed by atoms with Gasteiger partial charge in [0.1, 0.15) is 0 Å². The van der Waals surface area contributed by atoms with Gasteiger partial charge in [0.15, 0.2) is 0 Å². The summed E-state index contributed by atoms with van der Waals surface area (Å²) in [4.78, 5) is 24.6. The Morgan fingerprint density at radius 1 is 1.14 bits per heavy atom. The lowest BCUT2D eigenvalue weighted by Crippen LogP contribution is -2.40. The molecule has 0 atom stereocenters. The fourth-order valence-corrected chi connectivity index (χ4v) is 2.49. The van der Waals surface area contributed by atoms with E-state index in [4.69, 9.17) is 0 Å². The molecule has 0 spiro atoms. The topological polar surface area (TPSA) is 58.2 Å². The van der Waals surface area contributed by atoms with Crippen LogP contribution in [0.5, 0.6) is 0 Å². The number of anilines is 1. The zero-order chi connectivity index (χ0) is 16.3. The smallest absolute Gasteiger partial charge is 0.252 e. The largest absolute Gasteiger partial charge is 0.347 e. The van der Waals surface area contributed by atoms with Crippen LogP contribution >= 0.6 is 0 Å². The van der Waals surface area contributed by atoms with Crippen LogP contribution in [0, 0.1) is 12.8 Å². The molecular formula is C18H24N2O2. The summed E-state index contributed by atoms with van der Waals surface area (Å²) >= 11 is 0. The Bertz CT molecular complexity index is 604. The van der Waals surface area contributed by atoms with Gasteiger partial charge in [-0.1, -0.05) is 18.2 Å². The van der Waals surface area contributed by atoms with Crippen molar-refractivity contribution < 1.29 is 9.59 Å². The first-order valence-electron chi connectivity index (χ1n) is 7.66. The summed E-state index contributed by atoms with van der Waals surface area (Å²) in [5, 5.41) is 5.90. The molecule has 0 aromatic heterocycles. The average Bonchev–Trinajstić information content (AvgIpc) is 2.93. The standard InChI is InChI=1S/C18H24N2O2/c1-12-14(17(22)20-18(2,3)4)10-7-11-15(12)19-16(21)13-8-5-6-9-13/h5-7,10-11,13H,8-9H2,1-4H3,(H,19,21)(H,20,22). The van der Waals surface area contributed by atoms with E-state index in [-0.39, 0.29) is 23.3 Å². The SMILES string of the molecule is Cc1c(NC(=O)C2CC=CC2)cccc1C(=O)NC(C)(C)C. The molecule has 4 heteroatoms. The van der Waals surface area contributed by atoms with Crippen molar-refractivity contribution in [3.05, 3.63) is 41.5 Å². The first kappa shape index (κ1) is 16.3. The van der Waals surface area contributed by atoms with Crippen molar-refractivity contribution in [2.24, 2.45) is 5.92 Å². The highest BCUT2D eigenvalue weighted by atomic mass is 16.2. The van der Waals surface area contributed by atoms with Crippen LogP contribution in [0.15, 0.2) is 30.4 Å². The number of hydrogen-bond donors (Lipinski definition) is 2. The molecule has 0 saturated heterocycles. The van der Waals surface area contributed by atoms with Gasteiger partial charge in [-0.15, -0.1) is 0 Å². The number of amides is 2. The lowest BCUT2D eigenvalue weighted by molar-refractivity contribution is -0.119. The van der Waals surface area contributed by atoms with Crippen LogP contribution in [-0.2, 0) is 4.79 Å². The van der Waals surface area contributed by atoms with Crippen molar-refractivity contribution >= 4 is 17.5 Å². The molecule has 0 unspecified atom stereocenters. The van der Waals surface area contributed by atoms with Gasteiger partial charge >= 0.3 is 0 Å². The van der Waals surface area contributed by atoms with E-state index in [1.54, 1.807) is 12.1 Å². The summed E-state index contributed by atoms with van der Waals surface area (Å²) in [6.45, 7) is 7.69. The second kappa shape index (κ2) is 6.34. The van der Waals surface area contributed by atoms with Crippen LogP contribution < -0.4 is 10.6 Å². The second-order valence-electron chi connectivity index (χ2n) is 6.81. The van der Waals surface area contributed by atoms with Gasteiger partial charge in [0.05, 0.1) is 0 Å². The number of nitrogens with one attached hydrogen (secondary N) is 2. The fraction of sp³-hybridized carbons (Fsp3) is 0.444. The van der Waals surface area contributed by atoms with E-state index in [1.165, 1.54) is 0 Å². The molecular weight excluding hydrogens is 276 g/mol. The highest BCUT2D eigenvalue weighted by Gasteiger charge is 2.21. The van der Waals surface area contributed by atoms with E-state index in [9.17, 15) is 9.59 Å². The third-order valence-electron chi connectivity index (χ3n) is 3.70. The van der Waals surface area contributed by atoms with E-state index >= 15 is 0 Å². The Morgan fingerprint density at radius 2 is 1.77 bits per heavy atom. The molecule has 2 N–H and O–H groups in total. The van der Waals surface area contributed by atoms with Gasteiger partial charge in [-0.2, -0.15) is 0 Å². The van der Waals surface area contributed by atoms with Crippen LogP contribution in [0.25, 0.3) is 0 Å². The Kier molecular flexibility index (Phi) is 4.69. The number of carbonyl (C=O) groups excluding carboxylic acids is 2. The molecule has 0 heterocycles. The van der Waals surface area contributed by atoms with Gasteiger partial charge < -0.3 is 10.6 Å². The quantitative estimate of drug-likeness (QED) is 0.840. The first-order chi connectivity index (χ1) is 10.3. The van der Waals surface area contributed by atoms with Crippen molar-refractivity contribution in [3.8, 4) is 0 Å². The molecule has 1 aromatic carbocycles. The van der Waals surface area contributed by atoms with E-state index in [1.807, 2.05) is 45.9 Å². The summed E-state index contributed by atoms with van der Waals surface area (Å²) < 4.78 is 0. The monoisotopic (exact) mass is 300 g/mol. The molecule has 0 fully saturated rings. The lowest BCUT2D eigenvalue weighted by atomic mass is 10.0. The third kappa shape index (κ3) is 3.97. The van der Waals surface area contributed by atoms with Crippen molar-refractivity contribution in [1.29, 1.82) is 0 Å². The molecule has 4 nitrogen and oxygen atoms in total. The maximum Gasteiger partial charge on any atom is 0.252 e. The van der Waals surface area contributed by atoms with Gasteiger partial charge in [0, 0.05) is 22.7 Å². The summed E-state index contributed by atoms with van der Waals surface area (Å²) in [5.74, 6) is -0.100. The number of allylic oxidation sites excluding steroid dienone is 2. The third-order valence-corrected chi connectivity index (χ3v) is 3.70. The predicted molar refractivity (Wildman–Crippen MR) is 88.9 cm³/mol.